The highest BCUT2D eigenvalue weighted by Crippen LogP contribution is 2.37. The molecular formula is C13H22N2O4. The van der Waals surface area contributed by atoms with Gasteiger partial charge in [0, 0.05) is 31.3 Å². The second kappa shape index (κ2) is 7.11. The zero-order valence-corrected chi connectivity index (χ0v) is 11.4. The van der Waals surface area contributed by atoms with Gasteiger partial charge >= 0.3 is 5.97 Å². The van der Waals surface area contributed by atoms with E-state index in [1.54, 1.807) is 6.92 Å². The first kappa shape index (κ1) is 15.5. The van der Waals surface area contributed by atoms with Crippen LogP contribution >= 0.6 is 0 Å². The number of rotatable bonds is 8. The van der Waals surface area contributed by atoms with E-state index in [0.29, 0.717) is 18.9 Å². The predicted molar refractivity (Wildman–Crippen MR) is 69.4 cm³/mol. The van der Waals surface area contributed by atoms with Gasteiger partial charge in [0.1, 0.15) is 0 Å². The Morgan fingerprint density at radius 1 is 1.32 bits per heavy atom. The Balaban J connectivity index is 2.07. The molecule has 6 heteroatoms. The molecule has 3 unspecified atom stereocenters. The van der Waals surface area contributed by atoms with Crippen LogP contribution in [0.25, 0.3) is 0 Å². The molecule has 3 atom stereocenters. The molecule has 3 N–H and O–H groups in total. The van der Waals surface area contributed by atoms with E-state index in [9.17, 15) is 14.4 Å². The van der Waals surface area contributed by atoms with E-state index < -0.39 is 5.97 Å². The van der Waals surface area contributed by atoms with Gasteiger partial charge < -0.3 is 15.7 Å². The first-order chi connectivity index (χ1) is 8.90. The Bertz CT molecular complexity index is 357. The molecule has 0 radical (unpaired) electrons. The van der Waals surface area contributed by atoms with E-state index in [2.05, 4.69) is 10.6 Å². The Hall–Kier alpha value is -1.59. The van der Waals surface area contributed by atoms with Crippen LogP contribution in [0.3, 0.4) is 0 Å². The maximum Gasteiger partial charge on any atom is 0.303 e. The van der Waals surface area contributed by atoms with Crippen LogP contribution in [0.1, 0.15) is 39.5 Å². The van der Waals surface area contributed by atoms with E-state index in [0.717, 1.165) is 6.42 Å². The molecule has 6 nitrogen and oxygen atoms in total. The molecule has 0 aromatic rings. The van der Waals surface area contributed by atoms with E-state index in [4.69, 9.17) is 5.11 Å². The minimum atomic E-state index is -0.869. The highest BCUT2D eigenvalue weighted by molar-refractivity contribution is 5.82. The zero-order valence-electron chi connectivity index (χ0n) is 11.4. The van der Waals surface area contributed by atoms with Crippen molar-refractivity contribution in [3.8, 4) is 0 Å². The van der Waals surface area contributed by atoms with Crippen LogP contribution in [0.4, 0.5) is 0 Å². The third-order valence-corrected chi connectivity index (χ3v) is 3.30. The highest BCUT2D eigenvalue weighted by Gasteiger charge is 2.38. The number of nitrogens with one attached hydrogen (secondary N) is 2. The SMILES string of the molecule is CC(CCC(=O)O)NC(=O)CCNC(=O)C1CC1C. The van der Waals surface area contributed by atoms with Gasteiger partial charge in [-0.1, -0.05) is 6.92 Å². The van der Waals surface area contributed by atoms with Gasteiger partial charge in [0.05, 0.1) is 0 Å². The van der Waals surface area contributed by atoms with Crippen molar-refractivity contribution in [3.05, 3.63) is 0 Å². The van der Waals surface area contributed by atoms with E-state index in [1.165, 1.54) is 0 Å². The first-order valence-electron chi connectivity index (χ1n) is 6.69. The van der Waals surface area contributed by atoms with Crippen molar-refractivity contribution in [2.45, 2.75) is 45.6 Å². The van der Waals surface area contributed by atoms with Crippen LogP contribution in [0.15, 0.2) is 0 Å². The van der Waals surface area contributed by atoms with Gasteiger partial charge in [0.2, 0.25) is 11.8 Å². The van der Waals surface area contributed by atoms with Crippen molar-refractivity contribution in [2.24, 2.45) is 11.8 Å². The lowest BCUT2D eigenvalue weighted by Gasteiger charge is -2.12. The van der Waals surface area contributed by atoms with Gasteiger partial charge in [-0.15, -0.1) is 0 Å². The highest BCUT2D eigenvalue weighted by atomic mass is 16.4. The molecule has 1 aliphatic rings. The van der Waals surface area contributed by atoms with E-state index in [-0.39, 0.29) is 36.6 Å². The molecule has 0 aliphatic heterocycles. The van der Waals surface area contributed by atoms with Crippen molar-refractivity contribution >= 4 is 17.8 Å². The summed E-state index contributed by atoms with van der Waals surface area (Å²) < 4.78 is 0. The maximum absolute atomic E-state index is 11.5. The van der Waals surface area contributed by atoms with Crippen molar-refractivity contribution < 1.29 is 19.5 Å². The number of hydrogen-bond donors (Lipinski definition) is 3. The van der Waals surface area contributed by atoms with Crippen LogP contribution in [0.2, 0.25) is 0 Å². The quantitative estimate of drug-likeness (QED) is 0.599. The van der Waals surface area contributed by atoms with Gasteiger partial charge in [0.15, 0.2) is 0 Å². The molecule has 1 rings (SSSR count). The molecule has 0 aromatic heterocycles. The topological polar surface area (TPSA) is 95.5 Å². The normalized spacial score (nSPS) is 22.4. The molecule has 108 valence electrons. The number of carbonyl (C=O) groups excluding carboxylic acids is 2. The van der Waals surface area contributed by atoms with Crippen LogP contribution in [0.5, 0.6) is 0 Å². The lowest BCUT2D eigenvalue weighted by Crippen LogP contribution is -2.36. The number of hydrogen-bond acceptors (Lipinski definition) is 3. The van der Waals surface area contributed by atoms with Crippen LogP contribution in [-0.4, -0.2) is 35.5 Å². The summed E-state index contributed by atoms with van der Waals surface area (Å²) in [5.74, 6) is -0.421. The number of carboxylic acids is 1. The number of amides is 2. The molecule has 0 saturated heterocycles. The molecule has 0 bridgehead atoms. The fourth-order valence-electron chi connectivity index (χ4n) is 1.88. The smallest absolute Gasteiger partial charge is 0.303 e. The summed E-state index contributed by atoms with van der Waals surface area (Å²) in [6.45, 7) is 4.13. The summed E-state index contributed by atoms with van der Waals surface area (Å²) in [7, 11) is 0. The lowest BCUT2D eigenvalue weighted by atomic mass is 10.2. The van der Waals surface area contributed by atoms with Gasteiger partial charge in [0.25, 0.3) is 0 Å². The third kappa shape index (κ3) is 6.22. The fourth-order valence-corrected chi connectivity index (χ4v) is 1.88. The van der Waals surface area contributed by atoms with Gasteiger partial charge in [-0.05, 0) is 25.7 Å². The van der Waals surface area contributed by atoms with Gasteiger partial charge in [-0.3, -0.25) is 14.4 Å². The Morgan fingerprint density at radius 3 is 2.47 bits per heavy atom. The molecule has 0 spiro atoms. The van der Waals surface area contributed by atoms with Gasteiger partial charge in [-0.2, -0.15) is 0 Å². The van der Waals surface area contributed by atoms with Crippen LogP contribution < -0.4 is 10.6 Å². The summed E-state index contributed by atoms with van der Waals surface area (Å²) in [5, 5.41) is 14.0. The lowest BCUT2D eigenvalue weighted by molar-refractivity contribution is -0.137. The largest absolute Gasteiger partial charge is 0.481 e. The second-order valence-corrected chi connectivity index (χ2v) is 5.26. The second-order valence-electron chi connectivity index (χ2n) is 5.26. The Morgan fingerprint density at radius 2 is 1.95 bits per heavy atom. The van der Waals surface area contributed by atoms with E-state index >= 15 is 0 Å². The van der Waals surface area contributed by atoms with Crippen LogP contribution in [0, 0.1) is 11.8 Å². The molecule has 0 heterocycles. The van der Waals surface area contributed by atoms with Gasteiger partial charge in [-0.25, -0.2) is 0 Å². The maximum atomic E-state index is 11.5. The average Bonchev–Trinajstić information content (AvgIpc) is 3.03. The summed E-state index contributed by atoms with van der Waals surface area (Å²) in [4.78, 5) is 33.4. The Labute approximate surface area is 112 Å². The Kier molecular flexibility index (Phi) is 5.79. The molecule has 1 saturated carbocycles. The molecule has 19 heavy (non-hydrogen) atoms. The monoisotopic (exact) mass is 270 g/mol. The zero-order chi connectivity index (χ0) is 14.4. The summed E-state index contributed by atoms with van der Waals surface area (Å²) in [5.41, 5.74) is 0. The summed E-state index contributed by atoms with van der Waals surface area (Å²) in [6.07, 6.45) is 1.61. The molecule has 0 aromatic carbocycles. The summed E-state index contributed by atoms with van der Waals surface area (Å²) >= 11 is 0. The van der Waals surface area contributed by atoms with Crippen molar-refractivity contribution in [1.29, 1.82) is 0 Å². The molecule has 2 amide bonds. The third-order valence-electron chi connectivity index (χ3n) is 3.30. The standard InChI is InChI=1S/C13H22N2O4/c1-8-7-10(8)13(19)14-6-5-11(16)15-9(2)3-4-12(17)18/h8-10H,3-7H2,1-2H3,(H,14,19)(H,15,16)(H,17,18). The number of aliphatic carboxylic acids is 1. The fraction of sp³-hybridized carbons (Fsp3) is 0.769. The average molecular weight is 270 g/mol. The van der Waals surface area contributed by atoms with Crippen LogP contribution in [-0.2, 0) is 14.4 Å². The first-order valence-corrected chi connectivity index (χ1v) is 6.69. The predicted octanol–water partition coefficient (Wildman–Crippen LogP) is 0.518. The minimum absolute atomic E-state index is 0.0271. The van der Waals surface area contributed by atoms with E-state index in [1.807, 2.05) is 6.92 Å². The minimum Gasteiger partial charge on any atom is -0.481 e. The van der Waals surface area contributed by atoms with Crippen molar-refractivity contribution in [2.75, 3.05) is 6.54 Å². The van der Waals surface area contributed by atoms with Crippen molar-refractivity contribution in [3.63, 3.8) is 0 Å². The molecule has 1 fully saturated rings. The van der Waals surface area contributed by atoms with Crippen molar-refractivity contribution in [1.82, 2.24) is 10.6 Å². The molecule has 1 aliphatic carbocycles. The summed E-state index contributed by atoms with van der Waals surface area (Å²) in [6, 6.07) is -0.164. The number of carboxylic acid groups (broad SMARTS) is 1. The number of carbonyl (C=O) groups is 3. The molecular weight excluding hydrogens is 248 g/mol.